The van der Waals surface area contributed by atoms with Crippen LogP contribution >= 0.6 is 0 Å². The molecule has 0 bridgehead atoms. The number of amides is 2. The topological polar surface area (TPSA) is 50.4 Å². The molecular formula is C22H20N2O2. The van der Waals surface area contributed by atoms with E-state index < -0.39 is 0 Å². The minimum atomic E-state index is -0.225. The summed E-state index contributed by atoms with van der Waals surface area (Å²) in [6.07, 6.45) is 0.806. The second-order valence-corrected chi connectivity index (χ2v) is 6.33. The average Bonchev–Trinajstić information content (AvgIpc) is 3.11. The molecular weight excluding hydrogens is 324 g/mol. The lowest BCUT2D eigenvalue weighted by atomic mass is 10.1. The van der Waals surface area contributed by atoms with Crippen molar-refractivity contribution < 1.29 is 9.53 Å². The minimum Gasteiger partial charge on any atom is -0.488 e. The standard InChI is InChI=1S/C22H20N2O2/c25-22(23-15-20-14-18-8-4-5-9-21(18)26-20)24-19-12-10-17(11-13-19)16-6-2-1-3-7-16/h1-13,20H,14-15H2,(H2,23,24,25)/t20-/m1/s1. The van der Waals surface area contributed by atoms with Crippen molar-refractivity contribution in [2.45, 2.75) is 12.5 Å². The summed E-state index contributed by atoms with van der Waals surface area (Å²) in [4.78, 5) is 12.1. The molecule has 3 aromatic rings. The van der Waals surface area contributed by atoms with Crippen LogP contribution in [0.4, 0.5) is 10.5 Å². The second-order valence-electron chi connectivity index (χ2n) is 6.33. The Labute approximate surface area is 152 Å². The third-order valence-electron chi connectivity index (χ3n) is 4.45. The molecule has 3 aromatic carbocycles. The molecule has 4 nitrogen and oxygen atoms in total. The maximum Gasteiger partial charge on any atom is 0.319 e. The fourth-order valence-corrected chi connectivity index (χ4v) is 3.13. The lowest BCUT2D eigenvalue weighted by molar-refractivity contribution is 0.219. The Morgan fingerprint density at radius 1 is 0.885 bits per heavy atom. The third-order valence-corrected chi connectivity index (χ3v) is 4.45. The normalized spacial score (nSPS) is 15.0. The van der Waals surface area contributed by atoms with Crippen molar-refractivity contribution >= 4 is 11.7 Å². The van der Waals surface area contributed by atoms with Gasteiger partial charge < -0.3 is 15.4 Å². The van der Waals surface area contributed by atoms with Crippen LogP contribution in [-0.2, 0) is 6.42 Å². The Balaban J connectivity index is 1.29. The van der Waals surface area contributed by atoms with Gasteiger partial charge in [0, 0.05) is 12.1 Å². The summed E-state index contributed by atoms with van der Waals surface area (Å²) < 4.78 is 5.83. The Morgan fingerprint density at radius 2 is 1.58 bits per heavy atom. The van der Waals surface area contributed by atoms with E-state index in [1.165, 1.54) is 5.56 Å². The van der Waals surface area contributed by atoms with Crippen LogP contribution in [-0.4, -0.2) is 18.7 Å². The van der Waals surface area contributed by atoms with Crippen LogP contribution in [0, 0.1) is 0 Å². The summed E-state index contributed by atoms with van der Waals surface area (Å²) in [5, 5.41) is 5.74. The molecule has 2 N–H and O–H groups in total. The molecule has 0 fully saturated rings. The monoisotopic (exact) mass is 344 g/mol. The summed E-state index contributed by atoms with van der Waals surface area (Å²) in [5.41, 5.74) is 4.23. The van der Waals surface area contributed by atoms with E-state index >= 15 is 0 Å². The highest BCUT2D eigenvalue weighted by atomic mass is 16.5. The fourth-order valence-electron chi connectivity index (χ4n) is 3.13. The average molecular weight is 344 g/mol. The van der Waals surface area contributed by atoms with E-state index in [1.807, 2.05) is 60.7 Å². The zero-order valence-corrected chi connectivity index (χ0v) is 14.3. The van der Waals surface area contributed by atoms with Crippen molar-refractivity contribution in [2.24, 2.45) is 0 Å². The first-order valence-corrected chi connectivity index (χ1v) is 8.73. The molecule has 1 aliphatic heterocycles. The number of nitrogens with one attached hydrogen (secondary N) is 2. The van der Waals surface area contributed by atoms with E-state index in [-0.39, 0.29) is 12.1 Å². The molecule has 0 radical (unpaired) electrons. The fraction of sp³-hybridized carbons (Fsp3) is 0.136. The van der Waals surface area contributed by atoms with Gasteiger partial charge in [-0.05, 0) is 34.9 Å². The van der Waals surface area contributed by atoms with Crippen molar-refractivity contribution in [1.82, 2.24) is 5.32 Å². The SMILES string of the molecule is O=C(NC[C@H]1Cc2ccccc2O1)Nc1ccc(-c2ccccc2)cc1. The molecule has 130 valence electrons. The Bertz CT molecular complexity index is 867. The first-order chi connectivity index (χ1) is 12.8. The predicted molar refractivity (Wildman–Crippen MR) is 103 cm³/mol. The smallest absolute Gasteiger partial charge is 0.319 e. The van der Waals surface area contributed by atoms with Crippen molar-refractivity contribution in [2.75, 3.05) is 11.9 Å². The van der Waals surface area contributed by atoms with Gasteiger partial charge >= 0.3 is 6.03 Å². The summed E-state index contributed by atoms with van der Waals surface area (Å²) >= 11 is 0. The third kappa shape index (κ3) is 3.70. The molecule has 0 saturated carbocycles. The molecule has 0 unspecified atom stereocenters. The van der Waals surface area contributed by atoms with Gasteiger partial charge in [0.25, 0.3) is 0 Å². The molecule has 1 atom stereocenters. The van der Waals surface area contributed by atoms with Crippen LogP contribution in [0.2, 0.25) is 0 Å². The molecule has 2 amide bonds. The number of para-hydroxylation sites is 1. The van der Waals surface area contributed by atoms with Gasteiger partial charge in [-0.25, -0.2) is 4.79 Å². The molecule has 4 heteroatoms. The molecule has 1 aliphatic rings. The maximum absolute atomic E-state index is 12.1. The van der Waals surface area contributed by atoms with Gasteiger partial charge in [0.1, 0.15) is 11.9 Å². The Hall–Kier alpha value is -3.27. The summed E-state index contributed by atoms with van der Waals surface area (Å²) in [5.74, 6) is 0.913. The lowest BCUT2D eigenvalue weighted by Crippen LogP contribution is -2.37. The van der Waals surface area contributed by atoms with E-state index in [0.29, 0.717) is 6.54 Å². The molecule has 0 aliphatic carbocycles. The van der Waals surface area contributed by atoms with Gasteiger partial charge in [-0.2, -0.15) is 0 Å². The number of benzene rings is 3. The van der Waals surface area contributed by atoms with E-state index in [0.717, 1.165) is 29.0 Å². The van der Waals surface area contributed by atoms with Crippen molar-refractivity contribution in [3.05, 3.63) is 84.4 Å². The van der Waals surface area contributed by atoms with Crippen LogP contribution in [0.1, 0.15) is 5.56 Å². The van der Waals surface area contributed by atoms with Crippen LogP contribution in [0.3, 0.4) is 0 Å². The summed E-state index contributed by atoms with van der Waals surface area (Å²) in [7, 11) is 0. The number of ether oxygens (including phenoxy) is 1. The zero-order valence-electron chi connectivity index (χ0n) is 14.3. The highest BCUT2D eigenvalue weighted by Gasteiger charge is 2.22. The number of hydrogen-bond donors (Lipinski definition) is 2. The van der Waals surface area contributed by atoms with E-state index in [1.54, 1.807) is 0 Å². The number of carbonyl (C=O) groups is 1. The first kappa shape index (κ1) is 16.2. The maximum atomic E-state index is 12.1. The predicted octanol–water partition coefficient (Wildman–Crippen LogP) is 4.48. The lowest BCUT2D eigenvalue weighted by Gasteiger charge is -2.13. The van der Waals surface area contributed by atoms with E-state index in [4.69, 9.17) is 4.74 Å². The molecule has 0 aromatic heterocycles. The Morgan fingerprint density at radius 3 is 2.35 bits per heavy atom. The van der Waals surface area contributed by atoms with Crippen LogP contribution in [0.15, 0.2) is 78.9 Å². The first-order valence-electron chi connectivity index (χ1n) is 8.73. The van der Waals surface area contributed by atoms with Gasteiger partial charge in [-0.1, -0.05) is 60.7 Å². The summed E-state index contributed by atoms with van der Waals surface area (Å²) in [6, 6.07) is 25.7. The zero-order chi connectivity index (χ0) is 17.8. The number of urea groups is 1. The minimum absolute atomic E-state index is 0.0152. The number of fused-ring (bicyclic) bond motifs is 1. The second kappa shape index (κ2) is 7.31. The van der Waals surface area contributed by atoms with Crippen molar-refractivity contribution in [3.8, 4) is 16.9 Å². The molecule has 26 heavy (non-hydrogen) atoms. The molecule has 4 rings (SSSR count). The van der Waals surface area contributed by atoms with Gasteiger partial charge in [0.2, 0.25) is 0 Å². The molecule has 0 saturated heterocycles. The van der Waals surface area contributed by atoms with Gasteiger partial charge in [-0.15, -0.1) is 0 Å². The van der Waals surface area contributed by atoms with Gasteiger partial charge in [0.05, 0.1) is 6.54 Å². The number of rotatable bonds is 4. The van der Waals surface area contributed by atoms with E-state index in [9.17, 15) is 4.79 Å². The highest BCUT2D eigenvalue weighted by molar-refractivity contribution is 5.89. The van der Waals surface area contributed by atoms with Crippen LogP contribution < -0.4 is 15.4 Å². The Kier molecular flexibility index (Phi) is 4.56. The number of carbonyl (C=O) groups excluding carboxylic acids is 1. The largest absolute Gasteiger partial charge is 0.488 e. The number of hydrogen-bond acceptors (Lipinski definition) is 2. The van der Waals surface area contributed by atoms with Crippen molar-refractivity contribution in [3.63, 3.8) is 0 Å². The van der Waals surface area contributed by atoms with E-state index in [2.05, 4.69) is 28.8 Å². The summed E-state index contributed by atoms with van der Waals surface area (Å²) in [6.45, 7) is 0.475. The molecule has 1 heterocycles. The number of anilines is 1. The highest BCUT2D eigenvalue weighted by Crippen LogP contribution is 2.27. The van der Waals surface area contributed by atoms with Crippen molar-refractivity contribution in [1.29, 1.82) is 0 Å². The van der Waals surface area contributed by atoms with Crippen LogP contribution in [0.25, 0.3) is 11.1 Å². The van der Waals surface area contributed by atoms with Crippen LogP contribution in [0.5, 0.6) is 5.75 Å². The van der Waals surface area contributed by atoms with Gasteiger partial charge in [-0.3, -0.25) is 0 Å². The quantitative estimate of drug-likeness (QED) is 0.733. The van der Waals surface area contributed by atoms with Gasteiger partial charge in [0.15, 0.2) is 0 Å². The molecule has 0 spiro atoms.